The molecule has 5 nitrogen and oxygen atoms in total. The first-order valence-corrected chi connectivity index (χ1v) is 7.32. The predicted octanol–water partition coefficient (Wildman–Crippen LogP) is 2.58. The van der Waals surface area contributed by atoms with E-state index < -0.39 is 5.97 Å². The normalized spacial score (nSPS) is 19.9. The molecule has 2 aliphatic rings. The van der Waals surface area contributed by atoms with Crippen molar-refractivity contribution in [1.82, 2.24) is 4.90 Å². The molecule has 0 amide bonds. The molecule has 0 aliphatic carbocycles. The second-order valence-electron chi connectivity index (χ2n) is 5.61. The molecule has 0 unspecified atom stereocenters. The Morgan fingerprint density at radius 3 is 2.95 bits per heavy atom. The lowest BCUT2D eigenvalue weighted by Crippen LogP contribution is -2.18. The summed E-state index contributed by atoms with van der Waals surface area (Å²) >= 11 is 0. The second kappa shape index (κ2) is 6.23. The Balaban J connectivity index is 1.63. The number of fused-ring (bicyclic) bond motifs is 1. The van der Waals surface area contributed by atoms with Gasteiger partial charge in [0.25, 0.3) is 0 Å². The molecule has 0 spiro atoms. The van der Waals surface area contributed by atoms with Crippen molar-refractivity contribution in [2.75, 3.05) is 19.9 Å². The smallest absolute Gasteiger partial charge is 0.328 e. The summed E-state index contributed by atoms with van der Waals surface area (Å²) in [6.45, 7) is 4.99. The van der Waals surface area contributed by atoms with Gasteiger partial charge in [0, 0.05) is 25.7 Å². The SMILES string of the molecule is CC(/C=C/C(=O)O)=C1/CCN(Cc2ccc3c(c2)OCO3)C1. The first-order chi connectivity index (χ1) is 10.6. The van der Waals surface area contributed by atoms with Crippen molar-refractivity contribution in [1.29, 1.82) is 0 Å². The lowest BCUT2D eigenvalue weighted by molar-refractivity contribution is -0.131. The number of carbonyl (C=O) groups is 1. The van der Waals surface area contributed by atoms with Gasteiger partial charge >= 0.3 is 5.97 Å². The lowest BCUT2D eigenvalue weighted by Gasteiger charge is -2.14. The zero-order valence-electron chi connectivity index (χ0n) is 12.5. The summed E-state index contributed by atoms with van der Waals surface area (Å²) in [5, 5.41) is 8.69. The Bertz CT molecular complexity index is 648. The van der Waals surface area contributed by atoms with Crippen LogP contribution in [0.25, 0.3) is 0 Å². The first kappa shape index (κ1) is 14.7. The molecule has 3 rings (SSSR count). The molecule has 1 aromatic rings. The molecular formula is C17H19NO4. The van der Waals surface area contributed by atoms with Crippen LogP contribution >= 0.6 is 0 Å². The van der Waals surface area contributed by atoms with Crippen LogP contribution in [0.4, 0.5) is 0 Å². The minimum absolute atomic E-state index is 0.296. The Morgan fingerprint density at radius 2 is 2.14 bits per heavy atom. The third-order valence-electron chi connectivity index (χ3n) is 4.02. The minimum atomic E-state index is -0.907. The van der Waals surface area contributed by atoms with Crippen molar-refractivity contribution in [2.24, 2.45) is 0 Å². The van der Waals surface area contributed by atoms with Gasteiger partial charge in [0.15, 0.2) is 11.5 Å². The Morgan fingerprint density at radius 1 is 1.32 bits per heavy atom. The van der Waals surface area contributed by atoms with Gasteiger partial charge in [0.05, 0.1) is 0 Å². The summed E-state index contributed by atoms with van der Waals surface area (Å²) in [4.78, 5) is 12.9. The standard InChI is InChI=1S/C17H19NO4/c1-12(2-5-17(19)20)14-6-7-18(10-14)9-13-3-4-15-16(8-13)22-11-21-15/h2-5,8H,6-7,9-11H2,1H3,(H,19,20)/b5-2+,14-12+. The number of hydrogen-bond donors (Lipinski definition) is 1. The molecule has 1 N–H and O–H groups in total. The number of benzene rings is 1. The number of aliphatic carboxylic acids is 1. The lowest BCUT2D eigenvalue weighted by atomic mass is 10.1. The van der Waals surface area contributed by atoms with Crippen molar-refractivity contribution in [3.63, 3.8) is 0 Å². The highest BCUT2D eigenvalue weighted by Crippen LogP contribution is 2.33. The van der Waals surface area contributed by atoms with E-state index in [0.29, 0.717) is 6.79 Å². The van der Waals surface area contributed by atoms with Gasteiger partial charge in [0.1, 0.15) is 0 Å². The number of allylic oxidation sites excluding steroid dienone is 2. The highest BCUT2D eigenvalue weighted by molar-refractivity contribution is 5.80. The van der Waals surface area contributed by atoms with Crippen LogP contribution in [0.5, 0.6) is 11.5 Å². The van der Waals surface area contributed by atoms with Crippen LogP contribution in [0, 0.1) is 0 Å². The number of hydrogen-bond acceptors (Lipinski definition) is 4. The molecule has 0 radical (unpaired) electrons. The average Bonchev–Trinajstić information content (AvgIpc) is 3.13. The molecule has 0 atom stereocenters. The van der Waals surface area contributed by atoms with Gasteiger partial charge in [-0.25, -0.2) is 4.79 Å². The molecule has 0 saturated carbocycles. The molecule has 116 valence electrons. The highest BCUT2D eigenvalue weighted by Gasteiger charge is 2.19. The molecule has 1 fully saturated rings. The number of likely N-dealkylation sites (tertiary alicyclic amines) is 1. The van der Waals surface area contributed by atoms with Crippen LogP contribution < -0.4 is 9.47 Å². The van der Waals surface area contributed by atoms with Crippen LogP contribution in [0.15, 0.2) is 41.5 Å². The monoisotopic (exact) mass is 301 g/mol. The summed E-state index contributed by atoms with van der Waals surface area (Å²) in [6.07, 6.45) is 3.87. The van der Waals surface area contributed by atoms with Gasteiger partial charge in [-0.1, -0.05) is 23.3 Å². The number of ether oxygens (including phenoxy) is 2. The van der Waals surface area contributed by atoms with E-state index in [1.165, 1.54) is 17.2 Å². The maximum Gasteiger partial charge on any atom is 0.328 e. The van der Waals surface area contributed by atoms with Crippen molar-refractivity contribution in [2.45, 2.75) is 19.9 Å². The van der Waals surface area contributed by atoms with E-state index in [0.717, 1.165) is 43.1 Å². The maximum atomic E-state index is 10.6. The number of nitrogens with zero attached hydrogens (tertiary/aromatic N) is 1. The fraction of sp³-hybridized carbons (Fsp3) is 0.353. The molecule has 22 heavy (non-hydrogen) atoms. The number of carboxylic acids is 1. The summed E-state index contributed by atoms with van der Waals surface area (Å²) in [6, 6.07) is 6.04. The van der Waals surface area contributed by atoms with Crippen LogP contribution in [-0.4, -0.2) is 35.9 Å². The van der Waals surface area contributed by atoms with Gasteiger partial charge in [0.2, 0.25) is 6.79 Å². The van der Waals surface area contributed by atoms with Crippen LogP contribution in [-0.2, 0) is 11.3 Å². The van der Waals surface area contributed by atoms with Crippen molar-refractivity contribution >= 4 is 5.97 Å². The van der Waals surface area contributed by atoms with E-state index in [-0.39, 0.29) is 0 Å². The zero-order chi connectivity index (χ0) is 15.5. The fourth-order valence-electron chi connectivity index (χ4n) is 2.79. The quantitative estimate of drug-likeness (QED) is 0.866. The van der Waals surface area contributed by atoms with Gasteiger partial charge in [-0.05, 0) is 31.0 Å². The molecule has 2 heterocycles. The Hall–Kier alpha value is -2.27. The second-order valence-corrected chi connectivity index (χ2v) is 5.61. The molecule has 5 heteroatoms. The topological polar surface area (TPSA) is 59.0 Å². The van der Waals surface area contributed by atoms with Crippen LogP contribution in [0.2, 0.25) is 0 Å². The average molecular weight is 301 g/mol. The molecule has 2 aliphatic heterocycles. The first-order valence-electron chi connectivity index (χ1n) is 7.32. The van der Waals surface area contributed by atoms with Crippen molar-refractivity contribution < 1.29 is 19.4 Å². The predicted molar refractivity (Wildman–Crippen MR) is 81.9 cm³/mol. The molecule has 1 saturated heterocycles. The summed E-state index contributed by atoms with van der Waals surface area (Å²) in [5.74, 6) is 0.712. The van der Waals surface area contributed by atoms with Gasteiger partial charge < -0.3 is 14.6 Å². The molecule has 0 aromatic heterocycles. The van der Waals surface area contributed by atoms with Crippen LogP contribution in [0.1, 0.15) is 18.9 Å². The summed E-state index contributed by atoms with van der Waals surface area (Å²) in [7, 11) is 0. The molecule has 1 aromatic carbocycles. The highest BCUT2D eigenvalue weighted by atomic mass is 16.7. The number of rotatable bonds is 4. The third-order valence-corrected chi connectivity index (χ3v) is 4.02. The fourth-order valence-corrected chi connectivity index (χ4v) is 2.79. The van der Waals surface area contributed by atoms with E-state index in [4.69, 9.17) is 14.6 Å². The summed E-state index contributed by atoms with van der Waals surface area (Å²) < 4.78 is 10.7. The Labute approximate surface area is 129 Å². The van der Waals surface area contributed by atoms with E-state index in [1.807, 2.05) is 19.1 Å². The van der Waals surface area contributed by atoms with E-state index >= 15 is 0 Å². The third kappa shape index (κ3) is 3.31. The van der Waals surface area contributed by atoms with E-state index in [2.05, 4.69) is 11.0 Å². The maximum absolute atomic E-state index is 10.6. The van der Waals surface area contributed by atoms with Crippen molar-refractivity contribution in [3.05, 3.63) is 47.1 Å². The molecule has 0 bridgehead atoms. The Kier molecular flexibility index (Phi) is 4.15. The zero-order valence-corrected chi connectivity index (χ0v) is 12.5. The van der Waals surface area contributed by atoms with Crippen molar-refractivity contribution in [3.8, 4) is 11.5 Å². The summed E-state index contributed by atoms with van der Waals surface area (Å²) in [5.41, 5.74) is 3.55. The van der Waals surface area contributed by atoms with Crippen LogP contribution in [0.3, 0.4) is 0 Å². The number of carboxylic acid groups (broad SMARTS) is 1. The minimum Gasteiger partial charge on any atom is -0.478 e. The van der Waals surface area contributed by atoms with Gasteiger partial charge in [-0.3, -0.25) is 4.90 Å². The van der Waals surface area contributed by atoms with E-state index in [9.17, 15) is 4.79 Å². The van der Waals surface area contributed by atoms with Gasteiger partial charge in [-0.15, -0.1) is 0 Å². The van der Waals surface area contributed by atoms with E-state index in [1.54, 1.807) is 6.08 Å². The molecular weight excluding hydrogens is 282 g/mol. The largest absolute Gasteiger partial charge is 0.478 e. The van der Waals surface area contributed by atoms with Gasteiger partial charge in [-0.2, -0.15) is 0 Å².